The van der Waals surface area contributed by atoms with Crippen LogP contribution in [0.5, 0.6) is 5.75 Å². The van der Waals surface area contributed by atoms with Crippen LogP contribution in [0.4, 0.5) is 4.79 Å². The SMILES string of the molecule is CCCCCNC(=O)[C@H](Cc1ccc(O)c(I)c1)NC(=O)[C@H](Cc1ccccc1)NC(=O)OC(C)(C)C. The summed E-state index contributed by atoms with van der Waals surface area (Å²) in [5.41, 5.74) is 0.915. The lowest BCUT2D eigenvalue weighted by molar-refractivity contribution is -0.130. The molecule has 8 nitrogen and oxygen atoms in total. The van der Waals surface area contributed by atoms with E-state index < -0.39 is 29.7 Å². The first-order chi connectivity index (χ1) is 17.5. The Labute approximate surface area is 233 Å². The quantitative estimate of drug-likeness (QED) is 0.206. The van der Waals surface area contributed by atoms with Gasteiger partial charge in [-0.25, -0.2) is 4.79 Å². The summed E-state index contributed by atoms with van der Waals surface area (Å²) in [6, 6.07) is 12.6. The summed E-state index contributed by atoms with van der Waals surface area (Å²) in [5, 5.41) is 18.3. The minimum absolute atomic E-state index is 0.151. The van der Waals surface area contributed by atoms with E-state index in [1.807, 2.05) is 52.9 Å². The Balaban J connectivity index is 2.23. The fourth-order valence-electron chi connectivity index (χ4n) is 3.61. The van der Waals surface area contributed by atoms with Crippen molar-refractivity contribution in [1.29, 1.82) is 0 Å². The molecule has 0 bridgehead atoms. The van der Waals surface area contributed by atoms with E-state index in [0.29, 0.717) is 10.1 Å². The Morgan fingerprint density at radius 1 is 0.919 bits per heavy atom. The molecule has 2 rings (SSSR count). The van der Waals surface area contributed by atoms with Crippen LogP contribution in [0.3, 0.4) is 0 Å². The van der Waals surface area contributed by atoms with E-state index in [-0.39, 0.29) is 24.5 Å². The first kappa shape index (κ1) is 30.4. The van der Waals surface area contributed by atoms with Gasteiger partial charge in [-0.15, -0.1) is 0 Å². The number of rotatable bonds is 12. The highest BCUT2D eigenvalue weighted by molar-refractivity contribution is 14.1. The first-order valence-corrected chi connectivity index (χ1v) is 13.6. The molecule has 9 heteroatoms. The van der Waals surface area contributed by atoms with Crippen molar-refractivity contribution in [3.8, 4) is 5.75 Å². The molecule has 0 saturated heterocycles. The number of amides is 3. The summed E-state index contributed by atoms with van der Waals surface area (Å²) >= 11 is 2.02. The number of unbranched alkanes of at least 4 members (excludes halogenated alkanes) is 2. The van der Waals surface area contributed by atoms with Crippen molar-refractivity contribution >= 4 is 40.5 Å². The molecule has 0 aliphatic carbocycles. The molecule has 0 aliphatic rings. The molecule has 0 spiro atoms. The van der Waals surface area contributed by atoms with Gasteiger partial charge in [-0.3, -0.25) is 9.59 Å². The highest BCUT2D eigenvalue weighted by atomic mass is 127. The van der Waals surface area contributed by atoms with Gasteiger partial charge < -0.3 is 25.8 Å². The van der Waals surface area contributed by atoms with Gasteiger partial charge in [0.2, 0.25) is 11.8 Å². The van der Waals surface area contributed by atoms with Gasteiger partial charge in [-0.05, 0) is 73.0 Å². The lowest BCUT2D eigenvalue weighted by atomic mass is 10.0. The van der Waals surface area contributed by atoms with Crippen LogP contribution in [0, 0.1) is 3.57 Å². The lowest BCUT2D eigenvalue weighted by Gasteiger charge is -2.25. The van der Waals surface area contributed by atoms with Gasteiger partial charge in [-0.2, -0.15) is 0 Å². The molecule has 0 radical (unpaired) electrons. The van der Waals surface area contributed by atoms with Crippen molar-refractivity contribution in [3.63, 3.8) is 0 Å². The summed E-state index contributed by atoms with van der Waals surface area (Å²) in [5.74, 6) is -0.640. The van der Waals surface area contributed by atoms with Crippen LogP contribution in [0.25, 0.3) is 0 Å². The van der Waals surface area contributed by atoms with Crippen molar-refractivity contribution in [1.82, 2.24) is 16.0 Å². The zero-order valence-corrected chi connectivity index (χ0v) is 24.1. The summed E-state index contributed by atoms with van der Waals surface area (Å²) in [6.07, 6.45) is 2.61. The van der Waals surface area contributed by atoms with Crippen LogP contribution in [-0.2, 0) is 27.2 Å². The number of hydrogen-bond donors (Lipinski definition) is 4. The van der Waals surface area contributed by atoms with Gasteiger partial charge in [-0.1, -0.05) is 56.2 Å². The van der Waals surface area contributed by atoms with E-state index in [4.69, 9.17) is 4.74 Å². The Bertz CT molecular complexity index is 1040. The number of halogens is 1. The summed E-state index contributed by atoms with van der Waals surface area (Å²) in [4.78, 5) is 39.1. The molecule has 0 heterocycles. The predicted octanol–water partition coefficient (Wildman–Crippen LogP) is 4.47. The largest absolute Gasteiger partial charge is 0.507 e. The Hall–Kier alpha value is -2.82. The zero-order chi connectivity index (χ0) is 27.4. The maximum absolute atomic E-state index is 13.4. The number of carbonyl (C=O) groups excluding carboxylic acids is 3. The third-order valence-corrected chi connectivity index (χ3v) is 6.32. The van der Waals surface area contributed by atoms with E-state index in [1.54, 1.807) is 39.0 Å². The number of alkyl carbamates (subject to hydrolysis) is 1. The topological polar surface area (TPSA) is 117 Å². The molecule has 2 aromatic carbocycles. The van der Waals surface area contributed by atoms with Crippen LogP contribution in [0.15, 0.2) is 48.5 Å². The van der Waals surface area contributed by atoms with Crippen molar-refractivity contribution in [2.45, 2.75) is 77.5 Å². The number of aromatic hydroxyl groups is 1. The standard InChI is InChI=1S/C28H38IN3O5/c1-5-6-10-15-30-25(34)22(18-20-13-14-24(33)21(29)16-20)31-26(35)23(17-19-11-8-7-9-12-19)32-27(36)37-28(2,3)4/h7-9,11-14,16,22-23,33H,5-6,10,15,17-18H2,1-4H3,(H,30,34)(H,31,35)(H,32,36)/t22-,23-/m0/s1. The van der Waals surface area contributed by atoms with E-state index in [1.165, 1.54) is 0 Å². The molecule has 2 atom stereocenters. The van der Waals surface area contributed by atoms with Gasteiger partial charge in [0.25, 0.3) is 0 Å². The first-order valence-electron chi connectivity index (χ1n) is 12.6. The molecule has 0 aromatic heterocycles. The van der Waals surface area contributed by atoms with Crippen molar-refractivity contribution < 1.29 is 24.2 Å². The van der Waals surface area contributed by atoms with Crippen LogP contribution >= 0.6 is 22.6 Å². The van der Waals surface area contributed by atoms with Gasteiger partial charge in [0.15, 0.2) is 0 Å². The molecule has 3 amide bonds. The van der Waals surface area contributed by atoms with E-state index >= 15 is 0 Å². The molecule has 202 valence electrons. The summed E-state index contributed by atoms with van der Waals surface area (Å²) < 4.78 is 6.02. The van der Waals surface area contributed by atoms with Crippen molar-refractivity contribution in [2.75, 3.05) is 6.54 Å². The number of benzene rings is 2. The van der Waals surface area contributed by atoms with E-state index in [2.05, 4.69) is 22.9 Å². The van der Waals surface area contributed by atoms with Gasteiger partial charge >= 0.3 is 6.09 Å². The fourth-order valence-corrected chi connectivity index (χ4v) is 4.19. The second-order valence-electron chi connectivity index (χ2n) is 9.94. The zero-order valence-electron chi connectivity index (χ0n) is 22.0. The summed E-state index contributed by atoms with van der Waals surface area (Å²) in [7, 11) is 0. The minimum atomic E-state index is -0.951. The van der Waals surface area contributed by atoms with Crippen molar-refractivity contribution in [2.24, 2.45) is 0 Å². The molecule has 0 unspecified atom stereocenters. The number of carbonyl (C=O) groups is 3. The minimum Gasteiger partial charge on any atom is -0.507 e. The molecular weight excluding hydrogens is 585 g/mol. The third-order valence-electron chi connectivity index (χ3n) is 5.45. The third kappa shape index (κ3) is 11.4. The molecule has 0 aliphatic heterocycles. The molecule has 2 aromatic rings. The average molecular weight is 624 g/mol. The predicted molar refractivity (Wildman–Crippen MR) is 152 cm³/mol. The highest BCUT2D eigenvalue weighted by Crippen LogP contribution is 2.21. The molecule has 0 fully saturated rings. The number of nitrogens with one attached hydrogen (secondary N) is 3. The number of phenols is 1. The number of ether oxygens (including phenoxy) is 1. The van der Waals surface area contributed by atoms with Crippen LogP contribution in [0.2, 0.25) is 0 Å². The second-order valence-corrected chi connectivity index (χ2v) is 11.1. The van der Waals surface area contributed by atoms with Gasteiger partial charge in [0, 0.05) is 19.4 Å². The highest BCUT2D eigenvalue weighted by Gasteiger charge is 2.29. The number of hydrogen-bond acceptors (Lipinski definition) is 5. The van der Waals surface area contributed by atoms with Crippen LogP contribution in [0.1, 0.15) is 58.1 Å². The maximum atomic E-state index is 13.4. The van der Waals surface area contributed by atoms with Gasteiger partial charge in [0.1, 0.15) is 23.4 Å². The van der Waals surface area contributed by atoms with E-state index in [0.717, 1.165) is 30.4 Å². The number of phenolic OH excluding ortho intramolecular Hbond substituents is 1. The molecule has 4 N–H and O–H groups in total. The second kappa shape index (κ2) is 14.8. The Morgan fingerprint density at radius 3 is 2.19 bits per heavy atom. The lowest BCUT2D eigenvalue weighted by Crippen LogP contribution is -2.55. The average Bonchev–Trinajstić information content (AvgIpc) is 2.82. The van der Waals surface area contributed by atoms with Crippen LogP contribution in [-0.4, -0.2) is 47.2 Å². The fraction of sp³-hybridized carbons (Fsp3) is 0.464. The molecular formula is C28H38IN3O5. The van der Waals surface area contributed by atoms with Gasteiger partial charge in [0.05, 0.1) is 3.57 Å². The normalized spacial score (nSPS) is 12.8. The van der Waals surface area contributed by atoms with Crippen molar-refractivity contribution in [3.05, 3.63) is 63.2 Å². The molecule has 0 saturated carbocycles. The Morgan fingerprint density at radius 2 is 1.57 bits per heavy atom. The van der Waals surface area contributed by atoms with Crippen LogP contribution < -0.4 is 16.0 Å². The monoisotopic (exact) mass is 623 g/mol. The molecule has 37 heavy (non-hydrogen) atoms. The maximum Gasteiger partial charge on any atom is 0.408 e. The van der Waals surface area contributed by atoms with E-state index in [9.17, 15) is 19.5 Å². The summed E-state index contributed by atoms with van der Waals surface area (Å²) in [6.45, 7) is 7.84. The Kier molecular flexibility index (Phi) is 12.2. The smallest absolute Gasteiger partial charge is 0.408 e.